The zero-order chi connectivity index (χ0) is 75.8. The van der Waals surface area contributed by atoms with Gasteiger partial charge >= 0.3 is 0 Å². The zero-order valence-electron chi connectivity index (χ0n) is 63.3. The van der Waals surface area contributed by atoms with Crippen molar-refractivity contribution in [3.8, 4) is 67.3 Å². The summed E-state index contributed by atoms with van der Waals surface area (Å²) in [5.41, 5.74) is 43.2. The van der Waals surface area contributed by atoms with E-state index in [1.807, 2.05) is 0 Å². The second-order valence-corrected chi connectivity index (χ2v) is 32.9. The number of anilines is 6. The number of rotatable bonds is 6. The second-order valence-electron chi connectivity index (χ2n) is 32.9. The van der Waals surface area contributed by atoms with Gasteiger partial charge in [-0.05, 0) is 209 Å². The maximum Gasteiger partial charge on any atom is 0.252 e. The van der Waals surface area contributed by atoms with Crippen molar-refractivity contribution in [1.29, 1.82) is 0 Å². The summed E-state index contributed by atoms with van der Waals surface area (Å²) in [5, 5.41) is 9.93. The minimum absolute atomic E-state index is 0.156. The van der Waals surface area contributed by atoms with E-state index in [1.54, 1.807) is 0 Å². The van der Waals surface area contributed by atoms with Gasteiger partial charge < -0.3 is 28.1 Å². The Labute approximate surface area is 674 Å². The molecule has 117 heavy (non-hydrogen) atoms. The van der Waals surface area contributed by atoms with E-state index in [0.717, 1.165) is 22.7 Å². The molecule has 6 aliphatic rings. The predicted octanol–water partition coefficient (Wildman–Crippen LogP) is 23.0. The van der Waals surface area contributed by atoms with Crippen molar-refractivity contribution >= 4 is 168 Å². The summed E-state index contributed by atoms with van der Waals surface area (Å²) < 4.78 is 10.3. The Balaban J connectivity index is 0.738. The highest BCUT2D eigenvalue weighted by Gasteiger charge is 2.55. The summed E-state index contributed by atoms with van der Waals surface area (Å²) in [6.45, 7) is -0.311. The lowest BCUT2D eigenvalue weighted by Crippen LogP contribution is -2.60. The number of hydrogen-bond acceptors (Lipinski definition) is 2. The number of fused-ring (bicyclic) bond motifs is 30. The first-order valence-electron chi connectivity index (χ1n) is 40.9. The zero-order valence-corrected chi connectivity index (χ0v) is 63.3. The quantitative estimate of drug-likeness (QED) is 0.155. The Hall–Kier alpha value is -15.1. The maximum atomic E-state index is 2.69. The average molecular weight is 1480 g/mol. The van der Waals surface area contributed by atoms with E-state index in [-0.39, 0.29) is 13.4 Å². The molecule has 0 N–H and O–H groups in total. The third-order valence-corrected chi connectivity index (χ3v) is 27.4. The molecule has 0 fully saturated rings. The van der Waals surface area contributed by atoms with Crippen LogP contribution in [0.1, 0.15) is 22.3 Å². The standard InChI is InChI=1S/C109H64B2N6/c1-5-27-65(28-6-1)67-51-53-97-83(55-67)79-41-25-45-89-107(79)116(97)103-59-71(114-93-47-21-15-37-75(93)76-38-16-22-48-94(76)114)57-101-105(103)110(89)91-61-81-73-35-13-19-43-85(73)109(87(81)63-99(91)112(101)69-31-9-3-10-32-69)86-44-20-14-36-74(86)82-62-92-100(64-88(82)109)113(70-33-11-4-12-34-70)102-58-72(115-95-49-23-17-39-77(95)78-40-18-24-50-96(78)115)60-104-106(102)111(92)90-46-26-42-80-84-56-68(66-29-7-2-8-30-66)52-54-98(84)117(104)108(80)90/h1-64H. The molecule has 0 unspecified atom stereocenters. The summed E-state index contributed by atoms with van der Waals surface area (Å²) in [5.74, 6) is 0. The molecule has 0 radical (unpaired) electrons. The van der Waals surface area contributed by atoms with Gasteiger partial charge in [0.15, 0.2) is 0 Å². The summed E-state index contributed by atoms with van der Waals surface area (Å²) >= 11 is 0. The van der Waals surface area contributed by atoms with Crippen LogP contribution >= 0.6 is 0 Å². The van der Waals surface area contributed by atoms with Crippen molar-refractivity contribution in [3.05, 3.63) is 411 Å². The molecule has 1 spiro atoms. The lowest BCUT2D eigenvalue weighted by molar-refractivity contribution is 0.794. The summed E-state index contributed by atoms with van der Waals surface area (Å²) in [4.78, 5) is 5.31. The monoisotopic (exact) mass is 1480 g/mol. The van der Waals surface area contributed by atoms with Crippen LogP contribution in [0.3, 0.4) is 0 Å². The van der Waals surface area contributed by atoms with Gasteiger partial charge in [-0.3, -0.25) is 0 Å². The van der Waals surface area contributed by atoms with Crippen molar-refractivity contribution in [2.45, 2.75) is 5.41 Å². The van der Waals surface area contributed by atoms with Gasteiger partial charge in [0.2, 0.25) is 0 Å². The largest absolute Gasteiger partial charge is 0.311 e. The van der Waals surface area contributed by atoms with Gasteiger partial charge in [0.05, 0.1) is 49.9 Å². The van der Waals surface area contributed by atoms with E-state index in [9.17, 15) is 0 Å². The Morgan fingerprint density at radius 2 is 0.530 bits per heavy atom. The van der Waals surface area contributed by atoms with Crippen LogP contribution in [-0.2, 0) is 5.41 Å². The van der Waals surface area contributed by atoms with E-state index < -0.39 is 5.41 Å². The van der Waals surface area contributed by atoms with Crippen LogP contribution in [0.15, 0.2) is 388 Å². The third kappa shape index (κ3) is 7.92. The summed E-state index contributed by atoms with van der Waals surface area (Å²) in [6, 6.07) is 149. The van der Waals surface area contributed by atoms with Crippen molar-refractivity contribution in [1.82, 2.24) is 18.3 Å². The van der Waals surface area contributed by atoms with Crippen molar-refractivity contribution in [2.24, 2.45) is 0 Å². The Kier molecular flexibility index (Phi) is 12.1. The van der Waals surface area contributed by atoms with Crippen LogP contribution in [0.2, 0.25) is 0 Å². The molecular formula is C109H64B2N6. The van der Waals surface area contributed by atoms with Crippen LogP contribution < -0.4 is 42.6 Å². The number of benzene rings is 18. The maximum absolute atomic E-state index is 2.69. The van der Waals surface area contributed by atoms with Crippen LogP contribution in [0.4, 0.5) is 34.1 Å². The highest BCUT2D eigenvalue weighted by Crippen LogP contribution is 2.65. The van der Waals surface area contributed by atoms with Gasteiger partial charge in [-0.1, -0.05) is 279 Å². The van der Waals surface area contributed by atoms with Crippen LogP contribution in [-0.4, -0.2) is 31.7 Å². The highest BCUT2D eigenvalue weighted by molar-refractivity contribution is 7.01. The molecule has 28 rings (SSSR count). The fraction of sp³-hybridized carbons (Fsp3) is 0.00917. The first-order chi connectivity index (χ1) is 58.1. The van der Waals surface area contributed by atoms with Crippen LogP contribution in [0.5, 0.6) is 0 Å². The number of aromatic nitrogens is 4. The van der Waals surface area contributed by atoms with Crippen LogP contribution in [0, 0.1) is 0 Å². The molecule has 0 atom stereocenters. The van der Waals surface area contributed by atoms with Gasteiger partial charge in [0, 0.05) is 99.6 Å². The minimum atomic E-state index is -0.788. The lowest BCUT2D eigenvalue weighted by Gasteiger charge is -2.42. The summed E-state index contributed by atoms with van der Waals surface area (Å²) in [6.07, 6.45) is 0. The van der Waals surface area contributed by atoms with E-state index in [0.29, 0.717) is 0 Å². The molecule has 0 saturated heterocycles. The molecule has 0 saturated carbocycles. The normalized spacial score (nSPS) is 13.8. The SMILES string of the molecule is c1ccc(-c2ccc3c(c2)c2cccc4c2n3-c2cc(-n3c5ccccc5c5ccccc53)cc3c2B4c2cc4c(cc2N3c2ccccc2)C2(c3ccccc3-4)c3ccccc3-c3cc4c(cc32)N(c2ccccc2)c2cc(-n3c5ccccc5c5ccccc53)cc3c2B4c2cccc4c5cc(-c6ccccc6)ccc5n-3c24)cc1. The molecule has 8 heterocycles. The Bertz CT molecular complexity index is 7640. The first-order valence-corrected chi connectivity index (χ1v) is 40.9. The number of para-hydroxylation sites is 8. The molecule has 18 aromatic carbocycles. The molecule has 6 nitrogen and oxygen atoms in total. The van der Waals surface area contributed by atoms with E-state index in [4.69, 9.17) is 0 Å². The average Bonchev–Trinajstić information content (AvgIpc) is 1.51. The van der Waals surface area contributed by atoms with E-state index in [1.165, 1.54) is 221 Å². The van der Waals surface area contributed by atoms with E-state index in [2.05, 4.69) is 416 Å². The molecule has 4 aliphatic heterocycles. The number of nitrogens with zero attached hydrogens (tertiary/aromatic N) is 6. The molecule has 536 valence electrons. The molecule has 2 aliphatic carbocycles. The molecule has 22 aromatic rings. The van der Waals surface area contributed by atoms with Crippen molar-refractivity contribution < 1.29 is 0 Å². The summed E-state index contributed by atoms with van der Waals surface area (Å²) in [7, 11) is 0. The molecule has 4 aromatic heterocycles. The van der Waals surface area contributed by atoms with Gasteiger partial charge in [-0.25, -0.2) is 0 Å². The first kappa shape index (κ1) is 62.4. The fourth-order valence-electron chi connectivity index (χ4n) is 23.0. The number of hydrogen-bond donors (Lipinski definition) is 0. The van der Waals surface area contributed by atoms with Gasteiger partial charge in [-0.2, -0.15) is 0 Å². The van der Waals surface area contributed by atoms with Crippen molar-refractivity contribution in [2.75, 3.05) is 9.80 Å². The molecule has 0 amide bonds. The lowest BCUT2D eigenvalue weighted by atomic mass is 9.33. The smallest absolute Gasteiger partial charge is 0.252 e. The van der Waals surface area contributed by atoms with Crippen LogP contribution in [0.25, 0.3) is 154 Å². The van der Waals surface area contributed by atoms with Crippen molar-refractivity contribution in [3.63, 3.8) is 0 Å². The minimum Gasteiger partial charge on any atom is -0.311 e. The van der Waals surface area contributed by atoms with Gasteiger partial charge in [0.1, 0.15) is 0 Å². The topological polar surface area (TPSA) is 26.2 Å². The van der Waals surface area contributed by atoms with Gasteiger partial charge in [0.25, 0.3) is 13.4 Å². The molecular weight excluding hydrogens is 1410 g/mol. The third-order valence-electron chi connectivity index (χ3n) is 27.4. The highest BCUT2D eigenvalue weighted by atomic mass is 15.2. The van der Waals surface area contributed by atoms with E-state index >= 15 is 0 Å². The molecule has 0 bridgehead atoms. The molecule has 8 heteroatoms. The van der Waals surface area contributed by atoms with Gasteiger partial charge in [-0.15, -0.1) is 0 Å². The Morgan fingerprint density at radius 1 is 0.188 bits per heavy atom. The Morgan fingerprint density at radius 3 is 0.940 bits per heavy atom. The fourth-order valence-corrected chi connectivity index (χ4v) is 23.0. The second kappa shape index (κ2) is 22.6. The predicted molar refractivity (Wildman–Crippen MR) is 490 cm³/mol.